The van der Waals surface area contributed by atoms with Crippen molar-refractivity contribution >= 4 is 5.43 Å². The molecule has 2 aliphatic carbocycles. The zero-order valence-electron chi connectivity index (χ0n) is 13.7. The standard InChI is InChI=1S/C11H17.C5H5.C2H6Si.Zr/c1-4-5-6-11-8-9(2)7-10(11)3;1-2-4-5-3-1;1-3-2;/h8-9H,4-6H2,1-3H3;1-3H,4H2;1-2H3;. The fourth-order valence-corrected chi connectivity index (χ4v) is 21.8. The van der Waals surface area contributed by atoms with Crippen LogP contribution in [0, 0.1) is 5.92 Å². The van der Waals surface area contributed by atoms with Gasteiger partial charge in [-0.05, 0) is 0 Å². The van der Waals surface area contributed by atoms with Crippen LogP contribution < -0.4 is 0 Å². The first-order chi connectivity index (χ1) is 9.56. The van der Waals surface area contributed by atoms with E-state index in [-0.39, 0.29) is 5.43 Å². The van der Waals surface area contributed by atoms with E-state index in [9.17, 15) is 0 Å². The van der Waals surface area contributed by atoms with Gasteiger partial charge >= 0.3 is 133 Å². The molecule has 0 spiro atoms. The number of unbranched alkanes of at least 4 members (excludes halogenated alkanes) is 1. The normalized spacial score (nSPS) is 21.4. The fourth-order valence-electron chi connectivity index (χ4n) is 3.47. The van der Waals surface area contributed by atoms with Crippen molar-refractivity contribution in [2.45, 2.75) is 59.5 Å². The molecular weight excluding hydrogens is 336 g/mol. The van der Waals surface area contributed by atoms with E-state index in [0.29, 0.717) is 0 Å². The molecule has 1 atom stereocenters. The first kappa shape index (κ1) is 16.4. The summed E-state index contributed by atoms with van der Waals surface area (Å²) >= 11 is -1.54. The van der Waals surface area contributed by atoms with Crippen LogP contribution in [0.2, 0.25) is 13.1 Å². The average molecular weight is 364 g/mol. The summed E-state index contributed by atoms with van der Waals surface area (Å²) in [4.78, 5) is 0. The third-order valence-corrected chi connectivity index (χ3v) is 22.2. The number of hydrogen-bond donors (Lipinski definition) is 0. The van der Waals surface area contributed by atoms with E-state index in [1.807, 2.05) is 6.56 Å². The van der Waals surface area contributed by atoms with E-state index in [0.717, 1.165) is 5.92 Å². The van der Waals surface area contributed by atoms with Crippen LogP contribution in [0.5, 0.6) is 0 Å². The Bertz CT molecular complexity index is 540. The van der Waals surface area contributed by atoms with Gasteiger partial charge in [-0.2, -0.15) is 0 Å². The van der Waals surface area contributed by atoms with E-state index < -0.39 is 20.4 Å². The Morgan fingerprint density at radius 2 is 2.10 bits per heavy atom. The number of rotatable bonds is 5. The summed E-state index contributed by atoms with van der Waals surface area (Å²) in [6.07, 6.45) is 14.9. The summed E-state index contributed by atoms with van der Waals surface area (Å²) in [7, 11) is 0. The Kier molecular flexibility index (Phi) is 6.05. The number of allylic oxidation sites excluding steroid dienone is 8. The third kappa shape index (κ3) is 3.45. The Hall–Kier alpha value is 0.0600. The van der Waals surface area contributed by atoms with E-state index in [1.54, 1.807) is 11.1 Å². The van der Waals surface area contributed by atoms with Crippen LogP contribution in [-0.4, -0.2) is 5.43 Å². The van der Waals surface area contributed by atoms with Gasteiger partial charge in [0.15, 0.2) is 0 Å². The topological polar surface area (TPSA) is 0 Å². The Morgan fingerprint density at radius 3 is 2.65 bits per heavy atom. The molecule has 108 valence electrons. The quantitative estimate of drug-likeness (QED) is 0.546. The SMILES string of the molecule is CCCCC1=CC(C)[C]([Zr]([C]2=CC=CC2)=[Si](C)C)=C1C. The van der Waals surface area contributed by atoms with Gasteiger partial charge in [0.05, 0.1) is 0 Å². The summed E-state index contributed by atoms with van der Waals surface area (Å²) in [5.74, 6) is 0.734. The van der Waals surface area contributed by atoms with Crippen molar-refractivity contribution in [2.75, 3.05) is 0 Å². The van der Waals surface area contributed by atoms with Crippen LogP contribution >= 0.6 is 0 Å². The molecular formula is C18H28SiZr. The first-order valence-corrected chi connectivity index (χ1v) is 16.7. The first-order valence-electron chi connectivity index (χ1n) is 8.02. The molecule has 0 aromatic rings. The summed E-state index contributed by atoms with van der Waals surface area (Å²) in [5, 5.41) is 0. The molecule has 0 aromatic carbocycles. The van der Waals surface area contributed by atoms with Gasteiger partial charge in [0, 0.05) is 0 Å². The van der Waals surface area contributed by atoms with Crippen molar-refractivity contribution < 1.29 is 20.4 Å². The zero-order chi connectivity index (χ0) is 14.7. The molecule has 0 aromatic heterocycles. The van der Waals surface area contributed by atoms with Crippen molar-refractivity contribution in [1.82, 2.24) is 0 Å². The summed E-state index contributed by atoms with van der Waals surface area (Å²) in [6, 6.07) is 0. The van der Waals surface area contributed by atoms with Gasteiger partial charge < -0.3 is 0 Å². The van der Waals surface area contributed by atoms with Crippen LogP contribution in [0.3, 0.4) is 0 Å². The van der Waals surface area contributed by atoms with E-state index in [2.05, 4.69) is 58.2 Å². The molecule has 0 radical (unpaired) electrons. The van der Waals surface area contributed by atoms with E-state index in [4.69, 9.17) is 0 Å². The molecule has 0 amide bonds. The van der Waals surface area contributed by atoms with Crippen LogP contribution in [0.1, 0.15) is 46.5 Å². The predicted octanol–water partition coefficient (Wildman–Crippen LogP) is 5.74. The summed E-state index contributed by atoms with van der Waals surface area (Å²) < 4.78 is 3.80. The maximum absolute atomic E-state index is 2.59. The molecule has 0 heterocycles. The summed E-state index contributed by atoms with van der Waals surface area (Å²) in [6.45, 7) is 12.3. The Labute approximate surface area is 132 Å². The molecule has 0 saturated heterocycles. The third-order valence-electron chi connectivity index (χ3n) is 4.45. The minimum absolute atomic E-state index is 0.150. The van der Waals surface area contributed by atoms with Gasteiger partial charge in [-0.25, -0.2) is 0 Å². The molecule has 0 aliphatic heterocycles. The second kappa shape index (κ2) is 7.36. The molecule has 0 nitrogen and oxygen atoms in total. The van der Waals surface area contributed by atoms with Crippen molar-refractivity contribution in [2.24, 2.45) is 5.92 Å². The molecule has 2 aliphatic rings. The van der Waals surface area contributed by atoms with Gasteiger partial charge in [0.2, 0.25) is 0 Å². The monoisotopic (exact) mass is 362 g/mol. The van der Waals surface area contributed by atoms with Gasteiger partial charge in [-0.1, -0.05) is 0 Å². The maximum atomic E-state index is 2.59. The second-order valence-electron chi connectivity index (χ2n) is 6.32. The molecule has 2 heteroatoms. The van der Waals surface area contributed by atoms with Crippen LogP contribution in [0.15, 0.2) is 42.0 Å². The average Bonchev–Trinajstić information content (AvgIpc) is 3.00. The predicted molar refractivity (Wildman–Crippen MR) is 88.8 cm³/mol. The van der Waals surface area contributed by atoms with Crippen molar-refractivity contribution in [3.05, 3.63) is 42.0 Å². The van der Waals surface area contributed by atoms with Gasteiger partial charge in [-0.3, -0.25) is 0 Å². The van der Waals surface area contributed by atoms with E-state index >= 15 is 0 Å². The molecule has 0 fully saturated rings. The molecule has 20 heavy (non-hydrogen) atoms. The van der Waals surface area contributed by atoms with Crippen LogP contribution in [0.4, 0.5) is 0 Å². The van der Waals surface area contributed by atoms with Crippen LogP contribution in [0.25, 0.3) is 0 Å². The minimum atomic E-state index is -1.54. The van der Waals surface area contributed by atoms with E-state index in [1.165, 1.54) is 25.7 Å². The molecule has 0 saturated carbocycles. The molecule has 0 bridgehead atoms. The van der Waals surface area contributed by atoms with Gasteiger partial charge in [-0.15, -0.1) is 0 Å². The summed E-state index contributed by atoms with van der Waals surface area (Å²) in [5.41, 5.74) is 3.24. The molecule has 1 unspecified atom stereocenters. The van der Waals surface area contributed by atoms with Gasteiger partial charge in [0.25, 0.3) is 0 Å². The Balaban J connectivity index is 2.35. The van der Waals surface area contributed by atoms with Crippen molar-refractivity contribution in [3.63, 3.8) is 0 Å². The zero-order valence-corrected chi connectivity index (χ0v) is 17.2. The second-order valence-corrected chi connectivity index (χ2v) is 23.4. The van der Waals surface area contributed by atoms with Crippen molar-refractivity contribution in [1.29, 1.82) is 0 Å². The van der Waals surface area contributed by atoms with Gasteiger partial charge in [0.1, 0.15) is 0 Å². The fraction of sp³-hybridized carbons (Fsp3) is 0.556. The molecule has 0 N–H and O–H groups in total. The number of hydrogen-bond acceptors (Lipinski definition) is 0. The Morgan fingerprint density at radius 1 is 1.35 bits per heavy atom. The van der Waals surface area contributed by atoms with Crippen molar-refractivity contribution in [3.8, 4) is 0 Å². The molecule has 2 rings (SSSR count). The van der Waals surface area contributed by atoms with Crippen LogP contribution in [-0.2, 0) is 20.4 Å².